The Morgan fingerprint density at radius 2 is 1.81 bits per heavy atom. The molecule has 0 spiro atoms. The third kappa shape index (κ3) is 4.10. The minimum atomic E-state index is -0.887. The number of allylic oxidation sites excluding steroid dienone is 1. The number of benzene rings is 3. The molecule has 9 heteroatoms. The number of nitriles is 1. The number of rotatable bonds is 5. The van der Waals surface area contributed by atoms with Crippen molar-refractivity contribution in [3.8, 4) is 29.1 Å². The van der Waals surface area contributed by atoms with Gasteiger partial charge in [0, 0.05) is 22.6 Å². The molecule has 5 rings (SSSR count). The Hall–Kier alpha value is -5.23. The Balaban J connectivity index is 1.53. The van der Waals surface area contributed by atoms with Crippen LogP contribution in [0.25, 0.3) is 11.0 Å². The first-order valence-electron chi connectivity index (χ1n) is 11.1. The summed E-state index contributed by atoms with van der Waals surface area (Å²) in [6.07, 6.45) is 0. The predicted molar refractivity (Wildman–Crippen MR) is 133 cm³/mol. The number of esters is 1. The summed E-state index contributed by atoms with van der Waals surface area (Å²) < 4.78 is 27.4. The highest BCUT2D eigenvalue weighted by Crippen LogP contribution is 2.47. The lowest BCUT2D eigenvalue weighted by atomic mass is 9.83. The van der Waals surface area contributed by atoms with Gasteiger partial charge in [-0.2, -0.15) is 5.26 Å². The van der Waals surface area contributed by atoms with Gasteiger partial charge in [0.25, 0.3) is 0 Å². The largest absolute Gasteiger partial charge is 0.493 e. The van der Waals surface area contributed by atoms with Crippen LogP contribution in [0.1, 0.15) is 27.4 Å². The molecule has 1 atom stereocenters. The summed E-state index contributed by atoms with van der Waals surface area (Å²) >= 11 is 0. The molecule has 0 radical (unpaired) electrons. The zero-order valence-corrected chi connectivity index (χ0v) is 19.8. The summed E-state index contributed by atoms with van der Waals surface area (Å²) in [7, 11) is 3.03. The average Bonchev–Trinajstić information content (AvgIpc) is 2.91. The van der Waals surface area contributed by atoms with Crippen molar-refractivity contribution in [1.82, 2.24) is 0 Å². The van der Waals surface area contributed by atoms with Crippen LogP contribution in [0, 0.1) is 11.3 Å². The second-order valence-electron chi connectivity index (χ2n) is 8.08. The fourth-order valence-electron chi connectivity index (χ4n) is 4.32. The van der Waals surface area contributed by atoms with Gasteiger partial charge < -0.3 is 29.1 Å². The second kappa shape index (κ2) is 9.43. The molecule has 4 aromatic rings. The van der Waals surface area contributed by atoms with Gasteiger partial charge >= 0.3 is 11.6 Å². The quantitative estimate of drug-likeness (QED) is 0.244. The molecule has 9 nitrogen and oxygen atoms in total. The normalized spacial score (nSPS) is 14.4. The van der Waals surface area contributed by atoms with Crippen molar-refractivity contribution in [1.29, 1.82) is 5.26 Å². The van der Waals surface area contributed by atoms with E-state index in [0.717, 1.165) is 0 Å². The van der Waals surface area contributed by atoms with Crippen LogP contribution in [0.5, 0.6) is 23.0 Å². The maximum atomic E-state index is 12.8. The first-order valence-corrected chi connectivity index (χ1v) is 11.1. The van der Waals surface area contributed by atoms with E-state index in [1.165, 1.54) is 26.4 Å². The number of para-hydroxylation sites is 2. The van der Waals surface area contributed by atoms with Crippen LogP contribution < -0.4 is 30.3 Å². The van der Waals surface area contributed by atoms with Crippen LogP contribution in [0.2, 0.25) is 0 Å². The monoisotopic (exact) mass is 496 g/mol. The van der Waals surface area contributed by atoms with Crippen LogP contribution in [-0.2, 0) is 0 Å². The third-order valence-corrected chi connectivity index (χ3v) is 6.01. The van der Waals surface area contributed by atoms with Crippen LogP contribution in [0.3, 0.4) is 0 Å². The molecular formula is C28H20N2O7. The molecule has 3 aromatic carbocycles. The molecule has 0 amide bonds. The van der Waals surface area contributed by atoms with Crippen LogP contribution in [-0.4, -0.2) is 20.2 Å². The van der Waals surface area contributed by atoms with Crippen molar-refractivity contribution in [2.75, 3.05) is 14.2 Å². The highest BCUT2D eigenvalue weighted by Gasteiger charge is 2.34. The number of ether oxygens (including phenoxy) is 4. The van der Waals surface area contributed by atoms with Crippen LogP contribution in [0.15, 0.2) is 87.4 Å². The van der Waals surface area contributed by atoms with E-state index in [1.54, 1.807) is 54.6 Å². The summed E-state index contributed by atoms with van der Waals surface area (Å²) in [4.78, 5) is 25.2. The maximum Gasteiger partial charge on any atom is 0.351 e. The fraction of sp³-hybridized carbons (Fsp3) is 0.107. The number of nitrogens with two attached hydrogens (primary N) is 1. The predicted octanol–water partition coefficient (Wildman–Crippen LogP) is 4.25. The van der Waals surface area contributed by atoms with E-state index in [0.29, 0.717) is 33.6 Å². The van der Waals surface area contributed by atoms with Gasteiger partial charge in [-0.05, 0) is 24.3 Å². The Morgan fingerprint density at radius 1 is 1.00 bits per heavy atom. The number of fused-ring (bicyclic) bond motifs is 2. The summed E-state index contributed by atoms with van der Waals surface area (Å²) in [5.74, 6) is -0.282. The number of methoxy groups -OCH3 is 2. The standard InChI is InChI=1S/C28H20N2O7/c1-33-22-9-5-7-18(25(22)34-2)24-17-11-10-16(13-23(17)36-26(30)20(24)14-29)35-27(31)19-12-15-6-3-4-8-21(15)37-28(19)32/h3-13,24H,30H2,1-2H3. The fourth-order valence-corrected chi connectivity index (χ4v) is 4.32. The third-order valence-electron chi connectivity index (χ3n) is 6.01. The maximum absolute atomic E-state index is 12.8. The Morgan fingerprint density at radius 3 is 2.57 bits per heavy atom. The lowest BCUT2D eigenvalue weighted by Crippen LogP contribution is -2.22. The SMILES string of the molecule is COc1cccc(C2C(C#N)=C(N)Oc3cc(OC(=O)c4cc5ccccc5oc4=O)ccc32)c1OC. The van der Waals surface area contributed by atoms with Gasteiger partial charge in [-0.1, -0.05) is 36.4 Å². The van der Waals surface area contributed by atoms with E-state index in [1.807, 2.05) is 0 Å². The van der Waals surface area contributed by atoms with Gasteiger partial charge in [0.15, 0.2) is 11.5 Å². The lowest BCUT2D eigenvalue weighted by molar-refractivity contribution is 0.0730. The van der Waals surface area contributed by atoms with Gasteiger partial charge in [0.1, 0.15) is 34.3 Å². The van der Waals surface area contributed by atoms with Crippen molar-refractivity contribution in [2.24, 2.45) is 5.73 Å². The molecule has 0 bridgehead atoms. The highest BCUT2D eigenvalue weighted by molar-refractivity contribution is 5.94. The van der Waals surface area contributed by atoms with Gasteiger partial charge in [-0.25, -0.2) is 9.59 Å². The van der Waals surface area contributed by atoms with Crippen molar-refractivity contribution >= 4 is 16.9 Å². The Kier molecular flexibility index (Phi) is 5.99. The molecule has 1 aromatic heterocycles. The van der Waals surface area contributed by atoms with Crippen molar-refractivity contribution < 1.29 is 28.2 Å². The van der Waals surface area contributed by atoms with E-state index in [4.69, 9.17) is 29.1 Å². The molecule has 0 fully saturated rings. The average molecular weight is 496 g/mol. The molecule has 0 saturated heterocycles. The first-order chi connectivity index (χ1) is 17.9. The lowest BCUT2D eigenvalue weighted by Gasteiger charge is -2.28. The molecular weight excluding hydrogens is 476 g/mol. The second-order valence-corrected chi connectivity index (χ2v) is 8.08. The number of hydrogen-bond acceptors (Lipinski definition) is 9. The topological polar surface area (TPSA) is 134 Å². The molecule has 2 heterocycles. The van der Waals surface area contributed by atoms with Crippen LogP contribution >= 0.6 is 0 Å². The molecule has 2 N–H and O–H groups in total. The van der Waals surface area contributed by atoms with E-state index in [2.05, 4.69) is 6.07 Å². The van der Waals surface area contributed by atoms with E-state index in [-0.39, 0.29) is 28.5 Å². The number of hydrogen-bond donors (Lipinski definition) is 1. The highest BCUT2D eigenvalue weighted by atomic mass is 16.5. The molecule has 0 aliphatic carbocycles. The molecule has 1 unspecified atom stereocenters. The van der Waals surface area contributed by atoms with E-state index >= 15 is 0 Å². The van der Waals surface area contributed by atoms with E-state index in [9.17, 15) is 14.9 Å². The van der Waals surface area contributed by atoms with Crippen molar-refractivity contribution in [3.05, 3.63) is 105 Å². The van der Waals surface area contributed by atoms with Gasteiger partial charge in [0.05, 0.1) is 20.1 Å². The Bertz CT molecular complexity index is 1680. The Labute approximate surface area is 210 Å². The minimum absolute atomic E-state index is 0.0940. The molecule has 0 saturated carbocycles. The molecule has 184 valence electrons. The summed E-state index contributed by atoms with van der Waals surface area (Å²) in [5, 5.41) is 10.4. The molecule has 37 heavy (non-hydrogen) atoms. The van der Waals surface area contributed by atoms with E-state index < -0.39 is 17.5 Å². The van der Waals surface area contributed by atoms with Gasteiger partial charge in [0.2, 0.25) is 5.88 Å². The number of carbonyl (C=O) groups excluding carboxylic acids is 1. The van der Waals surface area contributed by atoms with Gasteiger partial charge in [-0.3, -0.25) is 0 Å². The van der Waals surface area contributed by atoms with Crippen LogP contribution in [0.4, 0.5) is 0 Å². The van der Waals surface area contributed by atoms with Gasteiger partial charge in [-0.15, -0.1) is 0 Å². The summed E-state index contributed by atoms with van der Waals surface area (Å²) in [6.45, 7) is 0. The zero-order chi connectivity index (χ0) is 26.1. The van der Waals surface area contributed by atoms with Crippen molar-refractivity contribution in [2.45, 2.75) is 5.92 Å². The van der Waals surface area contributed by atoms with Crippen molar-refractivity contribution in [3.63, 3.8) is 0 Å². The summed E-state index contributed by atoms with van der Waals surface area (Å²) in [6, 6.07) is 20.4. The smallest absolute Gasteiger partial charge is 0.351 e. The summed E-state index contributed by atoms with van der Waals surface area (Å²) in [5.41, 5.74) is 6.85. The zero-order valence-electron chi connectivity index (χ0n) is 19.8. The number of carbonyl (C=O) groups is 1. The first kappa shape index (κ1) is 23.5. The molecule has 1 aliphatic heterocycles. The minimum Gasteiger partial charge on any atom is -0.493 e. The number of nitrogens with zero attached hydrogens (tertiary/aromatic N) is 1. The molecule has 1 aliphatic rings.